The number of H-pyrrole nitrogens is 1. The number of aromatic nitrogens is 2. The molecule has 4 atom stereocenters. The predicted molar refractivity (Wildman–Crippen MR) is 143 cm³/mol. The topological polar surface area (TPSA) is 220 Å². The number of nitrogens with two attached hydrogens (primary N) is 1. The molecule has 0 fully saturated rings. The van der Waals surface area contributed by atoms with Crippen LogP contribution in [-0.4, -0.2) is 79.8 Å². The Bertz CT molecular complexity index is 1270. The summed E-state index contributed by atoms with van der Waals surface area (Å²) in [6.07, 6.45) is 2.99. The molecule has 3 amide bonds. The number of carboxylic acids is 1. The van der Waals surface area contributed by atoms with Crippen molar-refractivity contribution in [2.24, 2.45) is 5.73 Å². The molecule has 1 heterocycles. The van der Waals surface area contributed by atoms with E-state index in [1.807, 2.05) is 0 Å². The van der Waals surface area contributed by atoms with Gasteiger partial charge in [-0.2, -0.15) is 0 Å². The SMILES string of the molecule is NC(Cc1ccc(O)cc1)C(=O)NC(Cc1ccccc1)C(=O)NC(Cc1cnc[nH]1)C(=O)NC(CO)C(=O)O. The highest BCUT2D eigenvalue weighted by Gasteiger charge is 2.31. The zero-order chi connectivity index (χ0) is 29.1. The smallest absolute Gasteiger partial charge is 0.328 e. The summed E-state index contributed by atoms with van der Waals surface area (Å²) in [4.78, 5) is 57.5. The number of nitrogens with zero attached hydrogens (tertiary/aromatic N) is 1. The molecule has 3 rings (SSSR count). The number of nitrogens with one attached hydrogen (secondary N) is 4. The molecule has 3 aromatic rings. The molecule has 212 valence electrons. The number of hydrogen-bond donors (Lipinski definition) is 8. The lowest BCUT2D eigenvalue weighted by Crippen LogP contribution is -2.58. The van der Waals surface area contributed by atoms with Gasteiger partial charge in [-0.05, 0) is 29.7 Å². The Balaban J connectivity index is 1.78. The Morgan fingerprint density at radius 3 is 1.95 bits per heavy atom. The van der Waals surface area contributed by atoms with Crippen molar-refractivity contribution in [1.82, 2.24) is 25.9 Å². The van der Waals surface area contributed by atoms with Crippen LogP contribution in [0.1, 0.15) is 16.8 Å². The third-order valence-corrected chi connectivity index (χ3v) is 6.05. The number of aliphatic carboxylic acids is 1. The van der Waals surface area contributed by atoms with Crippen LogP contribution in [0.2, 0.25) is 0 Å². The quantitative estimate of drug-likeness (QED) is 0.123. The maximum absolute atomic E-state index is 13.5. The molecule has 0 radical (unpaired) electrons. The number of amides is 3. The Labute approximate surface area is 229 Å². The van der Waals surface area contributed by atoms with Crippen molar-refractivity contribution in [3.63, 3.8) is 0 Å². The molecule has 0 aliphatic rings. The van der Waals surface area contributed by atoms with Gasteiger partial charge in [-0.3, -0.25) is 14.4 Å². The molecule has 0 saturated heterocycles. The zero-order valence-corrected chi connectivity index (χ0v) is 21.5. The van der Waals surface area contributed by atoms with Crippen molar-refractivity contribution in [3.05, 3.63) is 83.9 Å². The number of benzene rings is 2. The maximum atomic E-state index is 13.5. The standard InChI is InChI=1S/C27H32N6O7/c28-20(10-17-6-8-19(35)9-7-17)24(36)31-21(11-16-4-2-1-3-5-16)25(37)32-22(12-18-13-29-15-30-18)26(38)33-23(14-34)27(39)40/h1-9,13,15,20-23,34-35H,10-12,14,28H2,(H,29,30)(H,31,36)(H,32,37)(H,33,38)(H,39,40). The average Bonchev–Trinajstić information content (AvgIpc) is 3.45. The average molecular weight is 553 g/mol. The highest BCUT2D eigenvalue weighted by Crippen LogP contribution is 2.11. The number of carbonyl (C=O) groups is 4. The van der Waals surface area contributed by atoms with Gasteiger partial charge in [0, 0.05) is 24.7 Å². The largest absolute Gasteiger partial charge is 0.508 e. The molecule has 13 heteroatoms. The normalized spacial score (nSPS) is 13.8. The first-order valence-electron chi connectivity index (χ1n) is 12.5. The Morgan fingerprint density at radius 1 is 0.800 bits per heavy atom. The van der Waals surface area contributed by atoms with Crippen LogP contribution in [0, 0.1) is 0 Å². The Kier molecular flexibility index (Phi) is 10.7. The number of aliphatic hydroxyl groups is 1. The van der Waals surface area contributed by atoms with E-state index in [1.54, 1.807) is 42.5 Å². The number of aliphatic hydroxyl groups excluding tert-OH is 1. The van der Waals surface area contributed by atoms with E-state index < -0.39 is 54.5 Å². The second kappa shape index (κ2) is 14.4. The molecule has 0 bridgehead atoms. The van der Waals surface area contributed by atoms with Gasteiger partial charge in [-0.15, -0.1) is 0 Å². The van der Waals surface area contributed by atoms with Crippen LogP contribution in [0.3, 0.4) is 0 Å². The van der Waals surface area contributed by atoms with E-state index in [0.29, 0.717) is 11.3 Å². The summed E-state index contributed by atoms with van der Waals surface area (Å²) >= 11 is 0. The van der Waals surface area contributed by atoms with Gasteiger partial charge in [-0.25, -0.2) is 9.78 Å². The lowest BCUT2D eigenvalue weighted by atomic mass is 10.0. The van der Waals surface area contributed by atoms with Crippen molar-refractivity contribution in [2.75, 3.05) is 6.61 Å². The fraction of sp³-hybridized carbons (Fsp3) is 0.296. The van der Waals surface area contributed by atoms with Crippen LogP contribution in [-0.2, 0) is 38.4 Å². The van der Waals surface area contributed by atoms with Crippen molar-refractivity contribution < 1.29 is 34.5 Å². The zero-order valence-electron chi connectivity index (χ0n) is 21.5. The molecule has 1 aromatic heterocycles. The molecular formula is C27H32N6O7. The van der Waals surface area contributed by atoms with Crippen LogP contribution in [0.25, 0.3) is 0 Å². The highest BCUT2D eigenvalue weighted by atomic mass is 16.4. The van der Waals surface area contributed by atoms with Crippen molar-refractivity contribution in [1.29, 1.82) is 0 Å². The molecule has 40 heavy (non-hydrogen) atoms. The van der Waals surface area contributed by atoms with Crippen LogP contribution in [0.15, 0.2) is 67.1 Å². The van der Waals surface area contributed by atoms with Crippen LogP contribution in [0.5, 0.6) is 5.75 Å². The minimum absolute atomic E-state index is 0.0677. The van der Waals surface area contributed by atoms with E-state index in [2.05, 4.69) is 25.9 Å². The predicted octanol–water partition coefficient (Wildman–Crippen LogP) is -0.998. The van der Waals surface area contributed by atoms with Crippen LogP contribution >= 0.6 is 0 Å². The van der Waals surface area contributed by atoms with Crippen molar-refractivity contribution in [3.8, 4) is 5.75 Å². The van der Waals surface area contributed by atoms with Gasteiger partial charge in [0.1, 0.15) is 23.9 Å². The summed E-state index contributed by atoms with van der Waals surface area (Å²) in [5.74, 6) is -3.53. The first-order chi connectivity index (χ1) is 19.2. The second-order valence-electron chi connectivity index (χ2n) is 9.15. The van der Waals surface area contributed by atoms with E-state index in [0.717, 1.165) is 5.56 Å². The minimum Gasteiger partial charge on any atom is -0.508 e. The lowest BCUT2D eigenvalue weighted by Gasteiger charge is -2.25. The van der Waals surface area contributed by atoms with E-state index in [4.69, 9.17) is 5.73 Å². The number of aromatic hydroxyl groups is 1. The molecule has 0 aliphatic carbocycles. The van der Waals surface area contributed by atoms with Crippen molar-refractivity contribution in [2.45, 2.75) is 43.4 Å². The molecular weight excluding hydrogens is 520 g/mol. The van der Waals surface area contributed by atoms with Gasteiger partial charge in [0.2, 0.25) is 17.7 Å². The monoisotopic (exact) mass is 552 g/mol. The van der Waals surface area contributed by atoms with E-state index in [-0.39, 0.29) is 25.0 Å². The molecule has 0 aliphatic heterocycles. The number of carbonyl (C=O) groups excluding carboxylic acids is 3. The van der Waals surface area contributed by atoms with Crippen LogP contribution in [0.4, 0.5) is 0 Å². The minimum atomic E-state index is -1.58. The summed E-state index contributed by atoms with van der Waals surface area (Å²) in [5.41, 5.74) is 8.03. The van der Waals surface area contributed by atoms with Gasteiger partial charge in [0.05, 0.1) is 19.0 Å². The maximum Gasteiger partial charge on any atom is 0.328 e. The van der Waals surface area contributed by atoms with E-state index >= 15 is 0 Å². The third kappa shape index (κ3) is 8.92. The van der Waals surface area contributed by atoms with Crippen molar-refractivity contribution >= 4 is 23.7 Å². The number of imidazole rings is 1. The molecule has 0 spiro atoms. The number of carboxylic acid groups (broad SMARTS) is 1. The summed E-state index contributed by atoms with van der Waals surface area (Å²) in [6.45, 7) is -0.850. The van der Waals surface area contributed by atoms with E-state index in [9.17, 15) is 34.5 Å². The Hall–Kier alpha value is -4.75. The number of rotatable bonds is 14. The van der Waals surface area contributed by atoms with E-state index in [1.165, 1.54) is 24.7 Å². The lowest BCUT2D eigenvalue weighted by molar-refractivity contribution is -0.143. The molecule has 2 aromatic carbocycles. The fourth-order valence-electron chi connectivity index (χ4n) is 3.87. The summed E-state index contributed by atoms with van der Waals surface area (Å²) < 4.78 is 0. The second-order valence-corrected chi connectivity index (χ2v) is 9.15. The third-order valence-electron chi connectivity index (χ3n) is 6.05. The number of aromatic amines is 1. The molecule has 0 saturated carbocycles. The van der Waals surface area contributed by atoms with Gasteiger partial charge < -0.3 is 42.0 Å². The molecule has 4 unspecified atom stereocenters. The Morgan fingerprint density at radius 2 is 1.38 bits per heavy atom. The van der Waals surface area contributed by atoms with Crippen LogP contribution < -0.4 is 21.7 Å². The van der Waals surface area contributed by atoms with Gasteiger partial charge in [0.25, 0.3) is 0 Å². The first-order valence-corrected chi connectivity index (χ1v) is 12.5. The van der Waals surface area contributed by atoms with Gasteiger partial charge in [0.15, 0.2) is 0 Å². The summed E-state index contributed by atoms with van der Waals surface area (Å²) in [7, 11) is 0. The summed E-state index contributed by atoms with van der Waals surface area (Å²) in [5, 5.41) is 35.5. The number of phenolic OH excluding ortho intramolecular Hbond substituents is 1. The fourth-order valence-corrected chi connectivity index (χ4v) is 3.87. The number of hydrogen-bond acceptors (Lipinski definition) is 8. The van der Waals surface area contributed by atoms with Gasteiger partial charge in [-0.1, -0.05) is 42.5 Å². The molecule has 13 nitrogen and oxygen atoms in total. The number of phenols is 1. The summed E-state index contributed by atoms with van der Waals surface area (Å²) in [6, 6.07) is 10.1. The highest BCUT2D eigenvalue weighted by molar-refractivity contribution is 5.94. The van der Waals surface area contributed by atoms with Gasteiger partial charge >= 0.3 is 5.97 Å². The molecule has 9 N–H and O–H groups in total. The first kappa shape index (κ1) is 29.8.